The zero-order chi connectivity index (χ0) is 15.1. The van der Waals surface area contributed by atoms with E-state index in [1.54, 1.807) is 6.92 Å². The maximum Gasteiger partial charge on any atom is 0.336 e. The van der Waals surface area contributed by atoms with Gasteiger partial charge >= 0.3 is 5.97 Å². The monoisotopic (exact) mass is 290 g/mol. The Hall–Kier alpha value is -2.11. The molecule has 1 aromatic rings. The first kappa shape index (κ1) is 13.9. The van der Waals surface area contributed by atoms with Gasteiger partial charge in [-0.25, -0.2) is 4.79 Å². The van der Waals surface area contributed by atoms with Crippen molar-refractivity contribution < 1.29 is 14.8 Å². The van der Waals surface area contributed by atoms with E-state index in [9.17, 15) is 14.9 Å². The molecule has 6 nitrogen and oxygen atoms in total. The fraction of sp³-hybridized carbons (Fsp3) is 0.533. The number of anilines is 1. The van der Waals surface area contributed by atoms with Gasteiger partial charge in [-0.3, -0.25) is 10.1 Å². The SMILES string of the molecule is Cc1c(NC2CC3CCC2C3)cc(C(=O)O)cc1[N+](=O)[O-]. The van der Waals surface area contributed by atoms with Crippen LogP contribution in [0.15, 0.2) is 12.1 Å². The molecule has 0 aromatic heterocycles. The molecule has 2 bridgehead atoms. The van der Waals surface area contributed by atoms with Crippen molar-refractivity contribution in [2.24, 2.45) is 11.8 Å². The van der Waals surface area contributed by atoms with E-state index in [1.165, 1.54) is 25.3 Å². The number of aromatic carboxylic acids is 1. The van der Waals surface area contributed by atoms with E-state index in [4.69, 9.17) is 5.11 Å². The van der Waals surface area contributed by atoms with E-state index in [0.29, 0.717) is 23.2 Å². The minimum atomic E-state index is -1.14. The first-order chi connectivity index (χ1) is 9.95. The van der Waals surface area contributed by atoms with Gasteiger partial charge in [0.25, 0.3) is 5.69 Å². The van der Waals surface area contributed by atoms with E-state index in [2.05, 4.69) is 5.32 Å². The highest BCUT2D eigenvalue weighted by Crippen LogP contribution is 2.46. The second-order valence-corrected chi connectivity index (χ2v) is 6.16. The lowest BCUT2D eigenvalue weighted by atomic mass is 9.94. The predicted octanol–water partition coefficient (Wildman–Crippen LogP) is 3.20. The van der Waals surface area contributed by atoms with Gasteiger partial charge in [-0.15, -0.1) is 0 Å². The molecule has 2 N–H and O–H groups in total. The van der Waals surface area contributed by atoms with Gasteiger partial charge in [0, 0.05) is 23.4 Å². The number of hydrogen-bond donors (Lipinski definition) is 2. The molecule has 0 amide bonds. The molecule has 0 heterocycles. The Morgan fingerprint density at radius 1 is 1.38 bits per heavy atom. The van der Waals surface area contributed by atoms with Crippen LogP contribution in [0.2, 0.25) is 0 Å². The largest absolute Gasteiger partial charge is 0.478 e. The lowest BCUT2D eigenvalue weighted by molar-refractivity contribution is -0.385. The summed E-state index contributed by atoms with van der Waals surface area (Å²) in [4.78, 5) is 21.7. The number of carbonyl (C=O) groups is 1. The molecule has 2 aliphatic carbocycles. The summed E-state index contributed by atoms with van der Waals surface area (Å²) in [5, 5.41) is 23.6. The maximum absolute atomic E-state index is 11.2. The minimum absolute atomic E-state index is 0.0436. The summed E-state index contributed by atoms with van der Waals surface area (Å²) in [5.41, 5.74) is 0.908. The van der Waals surface area contributed by atoms with Crippen molar-refractivity contribution in [3.8, 4) is 0 Å². The van der Waals surface area contributed by atoms with Crippen molar-refractivity contribution in [2.45, 2.75) is 38.6 Å². The van der Waals surface area contributed by atoms with Crippen LogP contribution in [-0.2, 0) is 0 Å². The normalized spacial score (nSPS) is 26.8. The molecule has 2 aliphatic rings. The average molecular weight is 290 g/mol. The summed E-state index contributed by atoms with van der Waals surface area (Å²) in [6, 6.07) is 2.95. The van der Waals surface area contributed by atoms with Crippen LogP contribution >= 0.6 is 0 Å². The van der Waals surface area contributed by atoms with Crippen molar-refractivity contribution in [2.75, 3.05) is 5.32 Å². The number of carboxylic acids is 1. The first-order valence-electron chi connectivity index (χ1n) is 7.24. The van der Waals surface area contributed by atoms with E-state index in [1.807, 2.05) is 0 Å². The van der Waals surface area contributed by atoms with Crippen LogP contribution in [-0.4, -0.2) is 22.0 Å². The number of carboxylic acid groups (broad SMARTS) is 1. The Balaban J connectivity index is 1.93. The van der Waals surface area contributed by atoms with Gasteiger partial charge in [-0.1, -0.05) is 6.42 Å². The van der Waals surface area contributed by atoms with Gasteiger partial charge in [-0.2, -0.15) is 0 Å². The van der Waals surface area contributed by atoms with Gasteiger partial charge in [0.05, 0.1) is 10.5 Å². The van der Waals surface area contributed by atoms with Gasteiger partial charge in [0.15, 0.2) is 0 Å². The van der Waals surface area contributed by atoms with Crippen LogP contribution in [0, 0.1) is 28.9 Å². The topological polar surface area (TPSA) is 92.5 Å². The molecule has 3 unspecified atom stereocenters. The van der Waals surface area contributed by atoms with Crippen LogP contribution in [0.25, 0.3) is 0 Å². The molecule has 112 valence electrons. The van der Waals surface area contributed by atoms with Crippen LogP contribution < -0.4 is 5.32 Å². The molecule has 2 fully saturated rings. The van der Waals surface area contributed by atoms with E-state index in [0.717, 1.165) is 18.4 Å². The number of nitro groups is 1. The highest BCUT2D eigenvalue weighted by atomic mass is 16.6. The van der Waals surface area contributed by atoms with Crippen molar-refractivity contribution >= 4 is 17.3 Å². The molecule has 0 saturated heterocycles. The third kappa shape index (κ3) is 2.46. The van der Waals surface area contributed by atoms with Crippen LogP contribution in [0.5, 0.6) is 0 Å². The number of nitrogens with zero attached hydrogens (tertiary/aromatic N) is 1. The van der Waals surface area contributed by atoms with Gasteiger partial charge in [0.2, 0.25) is 0 Å². The number of fused-ring (bicyclic) bond motifs is 2. The summed E-state index contributed by atoms with van der Waals surface area (Å²) in [7, 11) is 0. The Morgan fingerprint density at radius 3 is 2.67 bits per heavy atom. The Bertz CT molecular complexity index is 614. The Kier molecular flexibility index (Phi) is 3.31. The molecule has 3 rings (SSSR count). The minimum Gasteiger partial charge on any atom is -0.478 e. The third-order valence-electron chi connectivity index (χ3n) is 4.90. The summed E-state index contributed by atoms with van der Waals surface area (Å²) in [5.74, 6) is 0.224. The number of nitrogens with one attached hydrogen (secondary N) is 1. The van der Waals surface area contributed by atoms with Crippen LogP contribution in [0.1, 0.15) is 41.6 Å². The van der Waals surface area contributed by atoms with Crippen molar-refractivity contribution in [3.63, 3.8) is 0 Å². The van der Waals surface area contributed by atoms with Crippen molar-refractivity contribution in [1.82, 2.24) is 0 Å². The van der Waals surface area contributed by atoms with Crippen LogP contribution in [0.3, 0.4) is 0 Å². The number of hydrogen-bond acceptors (Lipinski definition) is 4. The molecule has 2 saturated carbocycles. The second-order valence-electron chi connectivity index (χ2n) is 6.16. The molecule has 0 radical (unpaired) electrons. The molecule has 1 aromatic carbocycles. The summed E-state index contributed by atoms with van der Waals surface area (Å²) >= 11 is 0. The number of rotatable bonds is 4. The highest BCUT2D eigenvalue weighted by molar-refractivity contribution is 5.90. The average Bonchev–Trinajstić information content (AvgIpc) is 3.02. The fourth-order valence-corrected chi connectivity index (χ4v) is 3.78. The molecule has 21 heavy (non-hydrogen) atoms. The molecular formula is C15H18N2O4. The Labute approximate surface area is 122 Å². The van der Waals surface area contributed by atoms with E-state index in [-0.39, 0.29) is 11.3 Å². The predicted molar refractivity (Wildman–Crippen MR) is 77.7 cm³/mol. The smallest absolute Gasteiger partial charge is 0.336 e. The summed E-state index contributed by atoms with van der Waals surface area (Å²) in [6.07, 6.45) is 4.77. The van der Waals surface area contributed by atoms with E-state index >= 15 is 0 Å². The summed E-state index contributed by atoms with van der Waals surface area (Å²) in [6.45, 7) is 1.67. The highest BCUT2D eigenvalue weighted by Gasteiger charge is 2.39. The van der Waals surface area contributed by atoms with Gasteiger partial charge < -0.3 is 10.4 Å². The first-order valence-corrected chi connectivity index (χ1v) is 7.24. The van der Waals surface area contributed by atoms with Crippen molar-refractivity contribution in [1.29, 1.82) is 0 Å². The lowest BCUT2D eigenvalue weighted by Crippen LogP contribution is -2.26. The summed E-state index contributed by atoms with van der Waals surface area (Å²) < 4.78 is 0. The number of benzene rings is 1. The second kappa shape index (κ2) is 5.02. The third-order valence-corrected chi connectivity index (χ3v) is 4.90. The zero-order valence-corrected chi connectivity index (χ0v) is 11.8. The van der Waals surface area contributed by atoms with Crippen LogP contribution in [0.4, 0.5) is 11.4 Å². The zero-order valence-electron chi connectivity index (χ0n) is 11.8. The molecule has 0 aliphatic heterocycles. The van der Waals surface area contributed by atoms with Gasteiger partial charge in [-0.05, 0) is 44.1 Å². The quantitative estimate of drug-likeness (QED) is 0.656. The standard InChI is InChI=1S/C15H18N2O4/c1-8-12(16-13-5-9-2-3-10(13)4-9)6-11(15(18)19)7-14(8)17(20)21/h6-7,9-10,13,16H,2-5H2,1H3,(H,18,19). The Morgan fingerprint density at radius 2 is 2.14 bits per heavy atom. The van der Waals surface area contributed by atoms with Gasteiger partial charge in [0.1, 0.15) is 0 Å². The fourth-order valence-electron chi connectivity index (χ4n) is 3.78. The number of nitro benzene ring substituents is 1. The van der Waals surface area contributed by atoms with Crippen molar-refractivity contribution in [3.05, 3.63) is 33.4 Å². The van der Waals surface area contributed by atoms with E-state index < -0.39 is 10.9 Å². The molecule has 3 atom stereocenters. The maximum atomic E-state index is 11.2. The molecule has 6 heteroatoms. The lowest BCUT2D eigenvalue weighted by Gasteiger charge is -2.25. The molecular weight excluding hydrogens is 272 g/mol. The molecule has 0 spiro atoms.